The van der Waals surface area contributed by atoms with Crippen molar-refractivity contribution in [3.8, 4) is 0 Å². The fourth-order valence-corrected chi connectivity index (χ4v) is 2.76. The van der Waals surface area contributed by atoms with E-state index in [1.54, 1.807) is 6.92 Å². The number of anilines is 2. The standard InChI is InChI=1S/C17H16F3N3O4S/c1-2-21-15(24)11-6-5-7-12(10-11)22-16(25)13-8-3-4-9-14(13)23-28(26,27)17(18,19)20/h3-10,23H,2H2,1H3,(H,21,24)(H,22,25). The van der Waals surface area contributed by atoms with E-state index in [4.69, 9.17) is 0 Å². The number of rotatable bonds is 6. The topological polar surface area (TPSA) is 104 Å². The van der Waals surface area contributed by atoms with E-state index >= 15 is 0 Å². The van der Waals surface area contributed by atoms with Crippen LogP contribution in [0.5, 0.6) is 0 Å². The number of alkyl halides is 3. The molecule has 2 rings (SSSR count). The lowest BCUT2D eigenvalue weighted by atomic mass is 10.1. The van der Waals surface area contributed by atoms with E-state index in [1.807, 2.05) is 0 Å². The summed E-state index contributed by atoms with van der Waals surface area (Å²) in [6, 6.07) is 10.7. The Morgan fingerprint density at radius 3 is 2.32 bits per heavy atom. The predicted molar refractivity (Wildman–Crippen MR) is 97.4 cm³/mol. The van der Waals surface area contributed by atoms with E-state index < -0.39 is 27.1 Å². The van der Waals surface area contributed by atoms with Crippen LogP contribution in [0.1, 0.15) is 27.6 Å². The third-order valence-electron chi connectivity index (χ3n) is 3.44. The minimum absolute atomic E-state index is 0.210. The molecule has 2 aromatic carbocycles. The Balaban J connectivity index is 2.27. The van der Waals surface area contributed by atoms with E-state index in [9.17, 15) is 31.2 Å². The highest BCUT2D eigenvalue weighted by Gasteiger charge is 2.46. The molecule has 2 amide bonds. The Bertz CT molecular complexity index is 991. The zero-order valence-electron chi connectivity index (χ0n) is 14.5. The van der Waals surface area contributed by atoms with Gasteiger partial charge in [0, 0.05) is 17.8 Å². The van der Waals surface area contributed by atoms with Crippen molar-refractivity contribution in [1.82, 2.24) is 5.32 Å². The van der Waals surface area contributed by atoms with Crippen molar-refractivity contribution >= 4 is 33.2 Å². The molecule has 0 aromatic heterocycles. The molecule has 11 heteroatoms. The van der Waals surface area contributed by atoms with Gasteiger partial charge in [0.1, 0.15) is 0 Å². The van der Waals surface area contributed by atoms with E-state index in [0.29, 0.717) is 6.54 Å². The number of sulfonamides is 1. The first-order valence-electron chi connectivity index (χ1n) is 7.93. The average Bonchev–Trinajstić information content (AvgIpc) is 2.61. The number of benzene rings is 2. The maximum Gasteiger partial charge on any atom is 0.516 e. The van der Waals surface area contributed by atoms with Gasteiger partial charge >= 0.3 is 15.5 Å². The quantitative estimate of drug-likeness (QED) is 0.675. The van der Waals surface area contributed by atoms with E-state index in [0.717, 1.165) is 12.1 Å². The number of para-hydroxylation sites is 1. The number of amides is 2. The summed E-state index contributed by atoms with van der Waals surface area (Å²) in [4.78, 5) is 24.3. The number of nitrogens with one attached hydrogen (secondary N) is 3. The zero-order valence-corrected chi connectivity index (χ0v) is 15.3. The largest absolute Gasteiger partial charge is 0.516 e. The van der Waals surface area contributed by atoms with Crippen molar-refractivity contribution in [3.05, 3.63) is 59.7 Å². The fraction of sp³-hybridized carbons (Fsp3) is 0.176. The Morgan fingerprint density at radius 2 is 1.68 bits per heavy atom. The summed E-state index contributed by atoms with van der Waals surface area (Å²) in [6.07, 6.45) is 0. The second-order valence-corrected chi connectivity index (χ2v) is 7.17. The van der Waals surface area contributed by atoms with Crippen molar-refractivity contribution in [3.63, 3.8) is 0 Å². The summed E-state index contributed by atoms with van der Waals surface area (Å²) in [6.45, 7) is 2.14. The Kier molecular flexibility index (Phi) is 6.29. The van der Waals surface area contributed by atoms with Crippen LogP contribution in [-0.2, 0) is 10.0 Å². The molecule has 0 aliphatic carbocycles. The molecule has 2 aromatic rings. The smallest absolute Gasteiger partial charge is 0.352 e. The van der Waals surface area contributed by atoms with Crippen molar-refractivity contribution in [2.45, 2.75) is 12.4 Å². The van der Waals surface area contributed by atoms with Crippen LogP contribution in [0.15, 0.2) is 48.5 Å². The van der Waals surface area contributed by atoms with E-state index in [2.05, 4.69) is 10.6 Å². The van der Waals surface area contributed by atoms with Crippen LogP contribution in [0.4, 0.5) is 24.5 Å². The Morgan fingerprint density at radius 1 is 1.00 bits per heavy atom. The minimum Gasteiger partial charge on any atom is -0.352 e. The van der Waals surface area contributed by atoms with Crippen LogP contribution >= 0.6 is 0 Å². The third kappa shape index (κ3) is 5.00. The predicted octanol–water partition coefficient (Wildman–Crippen LogP) is 2.95. The Hall–Kier alpha value is -3.08. The molecule has 0 fully saturated rings. The summed E-state index contributed by atoms with van der Waals surface area (Å²) < 4.78 is 61.8. The Labute approximate surface area is 159 Å². The van der Waals surface area contributed by atoms with Crippen LogP contribution in [-0.4, -0.2) is 32.3 Å². The summed E-state index contributed by atoms with van der Waals surface area (Å²) in [5.74, 6) is -1.22. The molecule has 0 unspecified atom stereocenters. The molecular weight excluding hydrogens is 399 g/mol. The highest BCUT2D eigenvalue weighted by Crippen LogP contribution is 2.27. The number of hydrogen-bond donors (Lipinski definition) is 3. The maximum atomic E-state index is 12.6. The number of halogens is 3. The van der Waals surface area contributed by atoms with E-state index in [-0.39, 0.29) is 22.7 Å². The fourth-order valence-electron chi connectivity index (χ4n) is 2.17. The molecule has 0 saturated carbocycles. The van der Waals surface area contributed by atoms with Gasteiger partial charge in [-0.15, -0.1) is 0 Å². The third-order valence-corrected chi connectivity index (χ3v) is 4.54. The molecule has 7 nitrogen and oxygen atoms in total. The lowest BCUT2D eigenvalue weighted by Crippen LogP contribution is -2.30. The molecule has 28 heavy (non-hydrogen) atoms. The maximum absolute atomic E-state index is 12.6. The second-order valence-electron chi connectivity index (χ2n) is 5.49. The first-order chi connectivity index (χ1) is 13.0. The SMILES string of the molecule is CCNC(=O)c1cccc(NC(=O)c2ccccc2NS(=O)(=O)C(F)(F)F)c1. The van der Waals surface area contributed by atoms with Gasteiger partial charge in [-0.25, -0.2) is 0 Å². The van der Waals surface area contributed by atoms with Crippen LogP contribution < -0.4 is 15.4 Å². The van der Waals surface area contributed by atoms with Gasteiger partial charge in [0.2, 0.25) is 0 Å². The number of hydrogen-bond acceptors (Lipinski definition) is 4. The average molecular weight is 415 g/mol. The van der Waals surface area contributed by atoms with Gasteiger partial charge in [-0.1, -0.05) is 18.2 Å². The summed E-state index contributed by atoms with van der Waals surface area (Å²) in [7, 11) is -5.69. The van der Waals surface area contributed by atoms with Gasteiger partial charge in [-0.3, -0.25) is 14.3 Å². The van der Waals surface area contributed by atoms with Gasteiger partial charge in [0.25, 0.3) is 11.8 Å². The van der Waals surface area contributed by atoms with Crippen LogP contribution in [0.3, 0.4) is 0 Å². The van der Waals surface area contributed by atoms with Gasteiger partial charge in [-0.2, -0.15) is 21.6 Å². The minimum atomic E-state index is -5.69. The van der Waals surface area contributed by atoms with E-state index in [1.165, 1.54) is 41.1 Å². The summed E-state index contributed by atoms with van der Waals surface area (Å²) >= 11 is 0. The molecule has 0 aliphatic heterocycles. The molecule has 0 radical (unpaired) electrons. The highest BCUT2D eigenvalue weighted by molar-refractivity contribution is 7.93. The van der Waals surface area contributed by atoms with Gasteiger partial charge in [-0.05, 0) is 37.3 Å². The molecule has 0 spiro atoms. The van der Waals surface area contributed by atoms with Crippen molar-refractivity contribution in [1.29, 1.82) is 0 Å². The van der Waals surface area contributed by atoms with Gasteiger partial charge in [0.15, 0.2) is 0 Å². The van der Waals surface area contributed by atoms with Crippen molar-refractivity contribution < 1.29 is 31.2 Å². The van der Waals surface area contributed by atoms with Gasteiger partial charge < -0.3 is 10.6 Å². The molecule has 0 bridgehead atoms. The lowest BCUT2D eigenvalue weighted by Gasteiger charge is -2.14. The summed E-state index contributed by atoms with van der Waals surface area (Å²) in [5.41, 5.74) is -5.90. The molecular formula is C17H16F3N3O4S. The second kappa shape index (κ2) is 8.30. The normalized spacial score (nSPS) is 11.6. The monoisotopic (exact) mass is 415 g/mol. The van der Waals surface area contributed by atoms with Crippen LogP contribution in [0.25, 0.3) is 0 Å². The number of carbonyl (C=O) groups is 2. The van der Waals surface area contributed by atoms with Gasteiger partial charge in [0.05, 0.1) is 11.3 Å². The zero-order chi connectivity index (χ0) is 20.9. The molecule has 0 aliphatic rings. The van der Waals surface area contributed by atoms with Crippen molar-refractivity contribution in [2.24, 2.45) is 0 Å². The van der Waals surface area contributed by atoms with Crippen LogP contribution in [0.2, 0.25) is 0 Å². The molecule has 0 heterocycles. The van der Waals surface area contributed by atoms with Crippen molar-refractivity contribution in [2.75, 3.05) is 16.6 Å². The first kappa shape index (κ1) is 21.2. The lowest BCUT2D eigenvalue weighted by molar-refractivity contribution is -0.0429. The molecule has 3 N–H and O–H groups in total. The first-order valence-corrected chi connectivity index (χ1v) is 9.41. The summed E-state index contributed by atoms with van der Waals surface area (Å²) in [5, 5.41) is 5.01. The molecule has 150 valence electrons. The molecule has 0 saturated heterocycles. The molecule has 0 atom stereocenters. The van der Waals surface area contributed by atoms with Crippen LogP contribution in [0, 0.1) is 0 Å². The number of carbonyl (C=O) groups excluding carboxylic acids is 2. The highest BCUT2D eigenvalue weighted by atomic mass is 32.2.